The predicted octanol–water partition coefficient (Wildman–Crippen LogP) is 4.44. The van der Waals surface area contributed by atoms with Gasteiger partial charge in [0.15, 0.2) is 0 Å². The maximum absolute atomic E-state index is 4.12. The van der Waals surface area contributed by atoms with Crippen molar-refractivity contribution in [3.8, 4) is 0 Å². The van der Waals surface area contributed by atoms with Crippen LogP contribution in [0.15, 0.2) is 49.1 Å². The molecule has 1 rings (SSSR count). The summed E-state index contributed by atoms with van der Waals surface area (Å²) in [6.07, 6.45) is 9.20. The van der Waals surface area contributed by atoms with E-state index < -0.39 is 0 Å². The lowest BCUT2D eigenvalue weighted by molar-refractivity contribution is 1.16. The van der Waals surface area contributed by atoms with Crippen molar-refractivity contribution in [2.24, 2.45) is 0 Å². The van der Waals surface area contributed by atoms with Gasteiger partial charge < -0.3 is 0 Å². The van der Waals surface area contributed by atoms with E-state index in [9.17, 15) is 0 Å². The van der Waals surface area contributed by atoms with Crippen LogP contribution in [0.5, 0.6) is 0 Å². The van der Waals surface area contributed by atoms with Crippen LogP contribution in [-0.4, -0.2) is 0 Å². The second-order valence-corrected chi connectivity index (χ2v) is 5.57. The number of thiophene rings is 1. The molecule has 0 radical (unpaired) electrons. The molecule has 0 nitrogen and oxygen atoms in total. The van der Waals surface area contributed by atoms with Gasteiger partial charge in [0.05, 0.1) is 0 Å². The van der Waals surface area contributed by atoms with Crippen LogP contribution in [0.2, 0.25) is 0 Å². The van der Waals surface area contributed by atoms with Crippen molar-refractivity contribution in [3.05, 3.63) is 63.7 Å². The molecule has 0 aliphatic carbocycles. The van der Waals surface area contributed by atoms with Gasteiger partial charge >= 0.3 is 0 Å². The smallest absolute Gasteiger partial charge is 0.0372 e. The molecule has 100 valence electrons. The molecular weight excluding hydrogens is 248 g/mol. The largest absolute Gasteiger partial charge is 0.135 e. The Morgan fingerprint density at radius 3 is 2.53 bits per heavy atom. The fourth-order valence-corrected chi connectivity index (χ4v) is 2.70. The number of allylic oxidation sites excluding steroid dienone is 6. The van der Waals surface area contributed by atoms with Gasteiger partial charge in [-0.25, -0.2) is 0 Å². The summed E-state index contributed by atoms with van der Waals surface area (Å²) in [5, 5.41) is 1.07. The van der Waals surface area contributed by atoms with Gasteiger partial charge in [-0.1, -0.05) is 56.5 Å². The van der Waals surface area contributed by atoms with E-state index in [0.717, 1.165) is 22.8 Å². The first-order chi connectivity index (χ1) is 8.99. The third kappa shape index (κ3) is 4.22. The minimum atomic E-state index is 0.967. The Morgan fingerprint density at radius 1 is 1.26 bits per heavy atom. The fraction of sp³-hybridized carbons (Fsp3) is 0.222. The zero-order valence-electron chi connectivity index (χ0n) is 12.1. The lowest BCUT2D eigenvalue weighted by Gasteiger charge is -1.95. The van der Waals surface area contributed by atoms with Crippen molar-refractivity contribution in [3.63, 3.8) is 0 Å². The van der Waals surface area contributed by atoms with Crippen LogP contribution in [0.25, 0.3) is 17.7 Å². The topological polar surface area (TPSA) is 0 Å². The molecule has 0 aliphatic rings. The van der Waals surface area contributed by atoms with Crippen molar-refractivity contribution in [1.29, 1.82) is 0 Å². The van der Waals surface area contributed by atoms with Crippen molar-refractivity contribution in [1.82, 2.24) is 0 Å². The highest BCUT2D eigenvalue weighted by molar-refractivity contribution is 7.11. The fourth-order valence-electron chi connectivity index (χ4n) is 1.66. The van der Waals surface area contributed by atoms with Crippen LogP contribution in [0.4, 0.5) is 0 Å². The Kier molecular flexibility index (Phi) is 5.78. The van der Waals surface area contributed by atoms with Gasteiger partial charge in [-0.3, -0.25) is 0 Å². The van der Waals surface area contributed by atoms with Crippen molar-refractivity contribution < 1.29 is 0 Å². The first-order valence-corrected chi connectivity index (χ1v) is 7.28. The molecule has 1 heterocycles. The van der Waals surface area contributed by atoms with Crippen LogP contribution in [0.3, 0.4) is 0 Å². The lowest BCUT2D eigenvalue weighted by atomic mass is 10.1. The molecule has 0 N–H and O–H groups in total. The molecule has 0 atom stereocenters. The zero-order valence-corrected chi connectivity index (χ0v) is 12.9. The molecule has 0 aliphatic heterocycles. The van der Waals surface area contributed by atoms with Gasteiger partial charge in [0, 0.05) is 9.41 Å². The SMILES string of the molecule is C=C(/C=C\C(=C)c1cc(=C)/c(=C(C)\C=C/C)s1)CC. The molecule has 0 amide bonds. The van der Waals surface area contributed by atoms with E-state index in [2.05, 4.69) is 45.7 Å². The molecule has 0 fully saturated rings. The average molecular weight is 270 g/mol. The van der Waals surface area contributed by atoms with E-state index in [1.54, 1.807) is 11.3 Å². The molecule has 19 heavy (non-hydrogen) atoms. The highest BCUT2D eigenvalue weighted by Gasteiger charge is 2.00. The average Bonchev–Trinajstić information content (AvgIpc) is 2.78. The summed E-state index contributed by atoms with van der Waals surface area (Å²) in [5.74, 6) is 0. The Balaban J connectivity index is 3.13. The Hall–Kier alpha value is -1.60. The zero-order chi connectivity index (χ0) is 14.4. The Morgan fingerprint density at radius 2 is 1.95 bits per heavy atom. The maximum atomic E-state index is 4.12. The summed E-state index contributed by atoms with van der Waals surface area (Å²) < 4.78 is 1.23. The van der Waals surface area contributed by atoms with Crippen LogP contribution in [0, 0.1) is 0 Å². The molecule has 0 aromatic carbocycles. The predicted molar refractivity (Wildman–Crippen MR) is 90.6 cm³/mol. The third-order valence-electron chi connectivity index (χ3n) is 2.87. The summed E-state index contributed by atoms with van der Waals surface area (Å²) in [7, 11) is 0. The minimum absolute atomic E-state index is 0.967. The molecule has 1 heteroatoms. The van der Waals surface area contributed by atoms with E-state index in [4.69, 9.17) is 0 Å². The molecule has 1 aromatic rings. The van der Waals surface area contributed by atoms with E-state index in [0.29, 0.717) is 0 Å². The first-order valence-electron chi connectivity index (χ1n) is 6.47. The van der Waals surface area contributed by atoms with Gasteiger partial charge in [0.1, 0.15) is 0 Å². The summed E-state index contributed by atoms with van der Waals surface area (Å²) in [5.41, 5.74) is 3.38. The van der Waals surface area contributed by atoms with E-state index in [1.165, 1.54) is 15.0 Å². The molecule has 0 spiro atoms. The highest BCUT2D eigenvalue weighted by Crippen LogP contribution is 2.16. The summed E-state index contributed by atoms with van der Waals surface area (Å²) in [6.45, 7) is 18.4. The molecule has 0 saturated carbocycles. The van der Waals surface area contributed by atoms with Crippen LogP contribution in [-0.2, 0) is 0 Å². The molecule has 0 saturated heterocycles. The Labute approximate surface area is 120 Å². The van der Waals surface area contributed by atoms with Gasteiger partial charge in [0.25, 0.3) is 0 Å². The third-order valence-corrected chi connectivity index (χ3v) is 4.26. The van der Waals surface area contributed by atoms with Crippen molar-refractivity contribution >= 4 is 29.1 Å². The summed E-state index contributed by atoms with van der Waals surface area (Å²) in [4.78, 5) is 1.17. The normalized spacial score (nSPS) is 13.2. The number of hydrogen-bond donors (Lipinski definition) is 0. The summed E-state index contributed by atoms with van der Waals surface area (Å²) in [6, 6.07) is 2.11. The van der Waals surface area contributed by atoms with Crippen LogP contribution >= 0.6 is 11.3 Å². The standard InChI is InChI=1S/C18H22S/c1-7-9-15(5)18-16(6)12-17(19-18)14(4)11-10-13(3)8-2/h7,9-12H,3-4,6,8H2,1-2,5H3/b9-7-,11-10-,18-15+. The first kappa shape index (κ1) is 15.5. The Bertz CT molecular complexity index is 636. The highest BCUT2D eigenvalue weighted by atomic mass is 32.1. The van der Waals surface area contributed by atoms with E-state index in [1.807, 2.05) is 25.2 Å². The number of hydrogen-bond acceptors (Lipinski definition) is 1. The monoisotopic (exact) mass is 270 g/mol. The minimum Gasteiger partial charge on any atom is -0.135 e. The second-order valence-electron chi connectivity index (χ2n) is 4.52. The van der Waals surface area contributed by atoms with E-state index in [-0.39, 0.29) is 0 Å². The number of rotatable bonds is 5. The molecule has 0 unspecified atom stereocenters. The summed E-state index contributed by atoms with van der Waals surface area (Å²) >= 11 is 1.74. The van der Waals surface area contributed by atoms with Crippen molar-refractivity contribution in [2.75, 3.05) is 0 Å². The molecular formula is C18H22S. The van der Waals surface area contributed by atoms with Gasteiger partial charge in [-0.2, -0.15) is 0 Å². The van der Waals surface area contributed by atoms with Gasteiger partial charge in [-0.15, -0.1) is 11.3 Å². The van der Waals surface area contributed by atoms with Gasteiger partial charge in [-0.05, 0) is 42.7 Å². The second kappa shape index (κ2) is 7.10. The van der Waals surface area contributed by atoms with Crippen molar-refractivity contribution in [2.45, 2.75) is 27.2 Å². The van der Waals surface area contributed by atoms with Crippen LogP contribution < -0.4 is 9.75 Å². The van der Waals surface area contributed by atoms with Gasteiger partial charge in [0.2, 0.25) is 0 Å². The molecule has 0 bridgehead atoms. The van der Waals surface area contributed by atoms with E-state index >= 15 is 0 Å². The maximum Gasteiger partial charge on any atom is 0.0372 e. The quantitative estimate of drug-likeness (QED) is 0.694. The molecule has 1 aromatic heterocycles. The lowest BCUT2D eigenvalue weighted by Crippen LogP contribution is -2.17. The van der Waals surface area contributed by atoms with Crippen LogP contribution in [0.1, 0.15) is 32.1 Å².